The topological polar surface area (TPSA) is 0 Å². The molecule has 0 saturated heterocycles. The summed E-state index contributed by atoms with van der Waals surface area (Å²) in [7, 11) is 0. The molecule has 0 nitrogen and oxygen atoms in total. The van der Waals surface area contributed by atoms with Crippen LogP contribution in [0, 0.1) is 6.92 Å². The molecule has 0 aromatic heterocycles. The van der Waals surface area contributed by atoms with E-state index in [9.17, 15) is 0 Å². The Morgan fingerprint density at radius 1 is 1.20 bits per heavy atom. The number of hydrogen-bond donors (Lipinski definition) is 0. The molecule has 0 unspecified atom stereocenters. The zero-order chi connectivity index (χ0) is 7.40. The second kappa shape index (κ2) is 4.12. The van der Waals surface area contributed by atoms with E-state index >= 15 is 0 Å². The molecule has 0 heterocycles. The van der Waals surface area contributed by atoms with Crippen molar-refractivity contribution >= 4 is 3.07 Å². The summed E-state index contributed by atoms with van der Waals surface area (Å²) in [4.78, 5) is 0. The van der Waals surface area contributed by atoms with Crippen LogP contribution in [0.3, 0.4) is 0 Å². The Morgan fingerprint density at radius 2 is 1.80 bits per heavy atom. The van der Waals surface area contributed by atoms with E-state index in [1.807, 2.05) is 0 Å². The summed E-state index contributed by atoms with van der Waals surface area (Å²) in [6, 6.07) is 9.07. The summed E-state index contributed by atoms with van der Waals surface area (Å²) < 4.78 is 3.14. The van der Waals surface area contributed by atoms with Gasteiger partial charge in [-0.1, -0.05) is 0 Å². The Morgan fingerprint density at radius 3 is 2.30 bits per heavy atom. The van der Waals surface area contributed by atoms with Crippen molar-refractivity contribution < 1.29 is 24.6 Å². The monoisotopic (exact) mass is 322 g/mol. The van der Waals surface area contributed by atoms with Gasteiger partial charge in [0.25, 0.3) is 0 Å². The van der Waals surface area contributed by atoms with E-state index < -0.39 is 24.6 Å². The number of benzene rings is 1. The molecule has 0 bridgehead atoms. The van der Waals surface area contributed by atoms with Crippen molar-refractivity contribution in [2.24, 2.45) is 0 Å². The summed E-state index contributed by atoms with van der Waals surface area (Å²) in [5.41, 5.74) is 1.38. The van der Waals surface area contributed by atoms with Gasteiger partial charge in [0.05, 0.1) is 0 Å². The molecule has 1 rings (SSSR count). The molecule has 1 aromatic carbocycles. The predicted molar refractivity (Wildman–Crippen MR) is 41.3 cm³/mol. The van der Waals surface area contributed by atoms with Crippen molar-refractivity contribution in [3.8, 4) is 0 Å². The van der Waals surface area contributed by atoms with Gasteiger partial charge in [-0.15, -0.1) is 0 Å². The van der Waals surface area contributed by atoms with E-state index in [-0.39, 0.29) is 0 Å². The van der Waals surface area contributed by atoms with Gasteiger partial charge < -0.3 is 0 Å². The van der Waals surface area contributed by atoms with Gasteiger partial charge >= 0.3 is 75.3 Å². The second-order valence-corrected chi connectivity index (χ2v) is 11.7. The van der Waals surface area contributed by atoms with Gasteiger partial charge in [0.15, 0.2) is 0 Å². The first-order valence-corrected chi connectivity index (χ1v) is 10.5. The molecule has 50 valence electrons. The van der Waals surface area contributed by atoms with Crippen molar-refractivity contribution in [3.05, 3.63) is 29.8 Å². The summed E-state index contributed by atoms with van der Waals surface area (Å²) in [5, 5.41) is 0. The third-order valence-corrected chi connectivity index (χ3v) is 7.68. The van der Waals surface area contributed by atoms with Crippen molar-refractivity contribution in [1.29, 1.82) is 0 Å². The molecule has 0 atom stereocenters. The Bertz CT molecular complexity index is 188. The molecule has 0 amide bonds. The maximum absolute atomic E-state index is 2.31. The minimum absolute atomic E-state index is 0.592. The maximum atomic E-state index is 2.31. The van der Waals surface area contributed by atoms with Crippen molar-refractivity contribution in [3.63, 3.8) is 0 Å². The van der Waals surface area contributed by atoms with Crippen molar-refractivity contribution in [1.82, 2.24) is 0 Å². The number of hydrogen-bond acceptors (Lipinski definition) is 0. The fourth-order valence-electron chi connectivity index (χ4n) is 1.04. The van der Waals surface area contributed by atoms with E-state index in [2.05, 4.69) is 38.1 Å². The van der Waals surface area contributed by atoms with E-state index in [0.29, 0.717) is 0 Å². The van der Waals surface area contributed by atoms with Crippen molar-refractivity contribution in [2.45, 2.75) is 17.8 Å². The third-order valence-electron chi connectivity index (χ3n) is 1.66. The van der Waals surface area contributed by atoms with Crippen LogP contribution in [0.5, 0.6) is 0 Å². The van der Waals surface area contributed by atoms with Gasteiger partial charge in [0, 0.05) is 0 Å². The zero-order valence-electron chi connectivity index (χ0n) is 6.72. The molecular weight excluding hydrogens is 309 g/mol. The van der Waals surface area contributed by atoms with Crippen LogP contribution in [0.2, 0.25) is 3.93 Å². The fraction of sp³-hybridized carbons (Fsp3) is 0.333. The first-order valence-electron chi connectivity index (χ1n) is 3.88. The summed E-state index contributed by atoms with van der Waals surface area (Å²) in [6.45, 7) is 4.45. The Balaban J connectivity index is 2.69. The molecule has 1 heteroatoms. The van der Waals surface area contributed by atoms with Gasteiger partial charge in [0.1, 0.15) is 0 Å². The molecule has 0 radical (unpaired) electrons. The van der Waals surface area contributed by atoms with E-state index in [0.717, 1.165) is 0 Å². The quantitative estimate of drug-likeness (QED) is 0.733. The minimum atomic E-state index is -0.592. The van der Waals surface area contributed by atoms with Gasteiger partial charge in [0.2, 0.25) is 0 Å². The number of aryl methyl sites for hydroxylation is 1. The van der Waals surface area contributed by atoms with Gasteiger partial charge in [-0.3, -0.25) is 0 Å². The summed E-state index contributed by atoms with van der Waals surface area (Å²) in [5.74, 6) is 0. The van der Waals surface area contributed by atoms with Crippen LogP contribution in [0.25, 0.3) is 0 Å². The third kappa shape index (κ3) is 2.41. The molecule has 1 aromatic rings. The molecule has 0 aliphatic heterocycles. The molecule has 0 aliphatic carbocycles. The van der Waals surface area contributed by atoms with Gasteiger partial charge in [-0.2, -0.15) is 0 Å². The second-order valence-electron chi connectivity index (χ2n) is 2.74. The Kier molecular flexibility index (Phi) is 3.40. The first-order chi connectivity index (χ1) is 4.83. The average Bonchev–Trinajstić information content (AvgIpc) is 1.95. The van der Waals surface area contributed by atoms with Crippen LogP contribution in [0.1, 0.15) is 12.5 Å². The van der Waals surface area contributed by atoms with Crippen molar-refractivity contribution in [2.75, 3.05) is 0 Å². The molecule has 0 spiro atoms. The average molecular weight is 321 g/mol. The van der Waals surface area contributed by atoms with Crippen LogP contribution in [-0.4, -0.2) is 0 Å². The Hall–Kier alpha value is 0.155. The standard InChI is InChI=1S/C7H7.C2H5.Hg/c1-7-5-3-2-4-6-7;1-2;/h3-6H,1H3;1H2,2H3;. The first kappa shape index (κ1) is 8.25. The van der Waals surface area contributed by atoms with Crippen LogP contribution < -0.4 is 3.07 Å². The van der Waals surface area contributed by atoms with E-state index in [4.69, 9.17) is 0 Å². The fourth-order valence-corrected chi connectivity index (χ4v) is 5.50. The van der Waals surface area contributed by atoms with Crippen LogP contribution in [-0.2, 0) is 24.6 Å². The van der Waals surface area contributed by atoms with Crippen LogP contribution >= 0.6 is 0 Å². The summed E-state index contributed by atoms with van der Waals surface area (Å²) in [6.07, 6.45) is 0. The molecule has 0 fully saturated rings. The normalized spacial score (nSPS) is 9.00. The van der Waals surface area contributed by atoms with Gasteiger partial charge in [-0.25, -0.2) is 0 Å². The van der Waals surface area contributed by atoms with Gasteiger partial charge in [-0.05, 0) is 0 Å². The zero-order valence-corrected chi connectivity index (χ0v) is 12.2. The Labute approximate surface area is 75.1 Å². The molecular formula is C9H12Hg. The predicted octanol–water partition coefficient (Wildman–Crippen LogP) is 2.14. The summed E-state index contributed by atoms with van der Waals surface area (Å²) >= 11 is -0.592. The number of rotatable bonds is 2. The van der Waals surface area contributed by atoms with E-state index in [1.165, 1.54) is 9.49 Å². The molecule has 10 heavy (non-hydrogen) atoms. The SMILES string of the molecule is C[CH2][Hg][c]1ccc(C)cc1. The molecule has 0 N–H and O–H groups in total. The van der Waals surface area contributed by atoms with Crippen LogP contribution in [0.15, 0.2) is 24.3 Å². The molecule has 0 saturated carbocycles. The molecule has 0 aliphatic rings. The van der Waals surface area contributed by atoms with E-state index in [1.54, 1.807) is 3.07 Å². The van der Waals surface area contributed by atoms with Crippen LogP contribution in [0.4, 0.5) is 0 Å².